The van der Waals surface area contributed by atoms with Crippen molar-refractivity contribution in [1.29, 1.82) is 0 Å². The SMILES string of the molecule is C[C@H]1C[C@H](C)CN(C(=O)COc2ncnc3c2cnn3-c2ccccc2)C1. The Kier molecular flexibility index (Phi) is 4.75. The van der Waals surface area contributed by atoms with E-state index in [9.17, 15) is 4.79 Å². The first-order valence-electron chi connectivity index (χ1n) is 9.26. The molecule has 2 atom stereocenters. The number of hydrogen-bond donors (Lipinski definition) is 0. The van der Waals surface area contributed by atoms with Crippen molar-refractivity contribution in [2.75, 3.05) is 19.7 Å². The highest BCUT2D eigenvalue weighted by atomic mass is 16.5. The number of ether oxygens (including phenoxy) is 1. The van der Waals surface area contributed by atoms with Gasteiger partial charge >= 0.3 is 0 Å². The van der Waals surface area contributed by atoms with Gasteiger partial charge in [0.05, 0.1) is 11.9 Å². The van der Waals surface area contributed by atoms with E-state index in [-0.39, 0.29) is 12.5 Å². The molecule has 3 aromatic rings. The summed E-state index contributed by atoms with van der Waals surface area (Å²) in [6.45, 7) is 5.92. The first kappa shape index (κ1) is 17.5. The van der Waals surface area contributed by atoms with Gasteiger partial charge in [-0.05, 0) is 30.4 Å². The molecule has 3 heterocycles. The molecule has 140 valence electrons. The Hall–Kier alpha value is -2.96. The number of hydrogen-bond acceptors (Lipinski definition) is 5. The van der Waals surface area contributed by atoms with Gasteiger partial charge in [-0.2, -0.15) is 5.10 Å². The summed E-state index contributed by atoms with van der Waals surface area (Å²) in [5, 5.41) is 5.09. The van der Waals surface area contributed by atoms with Gasteiger partial charge in [0.25, 0.3) is 5.91 Å². The van der Waals surface area contributed by atoms with Crippen LogP contribution in [0.15, 0.2) is 42.9 Å². The van der Waals surface area contributed by atoms with Crippen LogP contribution in [0, 0.1) is 11.8 Å². The van der Waals surface area contributed by atoms with E-state index in [1.807, 2.05) is 35.2 Å². The first-order chi connectivity index (χ1) is 13.1. The summed E-state index contributed by atoms with van der Waals surface area (Å²) in [5.41, 5.74) is 1.56. The molecule has 0 aliphatic carbocycles. The van der Waals surface area contributed by atoms with Crippen LogP contribution in [0.4, 0.5) is 0 Å². The molecule has 1 aliphatic rings. The molecule has 1 saturated heterocycles. The van der Waals surface area contributed by atoms with Gasteiger partial charge in [0, 0.05) is 13.1 Å². The Labute approximate surface area is 158 Å². The lowest BCUT2D eigenvalue weighted by Gasteiger charge is -2.34. The molecule has 4 rings (SSSR count). The van der Waals surface area contributed by atoms with E-state index in [0.717, 1.165) is 25.2 Å². The van der Waals surface area contributed by atoms with Gasteiger partial charge < -0.3 is 9.64 Å². The average molecular weight is 365 g/mol. The molecule has 1 fully saturated rings. The zero-order valence-electron chi connectivity index (χ0n) is 15.6. The molecule has 0 bridgehead atoms. The number of likely N-dealkylation sites (tertiary alicyclic amines) is 1. The Balaban J connectivity index is 1.51. The Morgan fingerprint density at radius 2 is 1.89 bits per heavy atom. The predicted octanol–water partition coefficient (Wildman–Crippen LogP) is 2.70. The molecule has 0 saturated carbocycles. The summed E-state index contributed by atoms with van der Waals surface area (Å²) in [5.74, 6) is 1.42. The normalized spacial score (nSPS) is 20.0. The molecular formula is C20H23N5O2. The van der Waals surface area contributed by atoms with Crippen LogP contribution < -0.4 is 4.74 Å². The molecule has 0 spiro atoms. The van der Waals surface area contributed by atoms with E-state index < -0.39 is 0 Å². The highest BCUT2D eigenvalue weighted by molar-refractivity contribution is 5.82. The van der Waals surface area contributed by atoms with Crippen molar-refractivity contribution in [3.05, 3.63) is 42.9 Å². The minimum Gasteiger partial charge on any atom is -0.467 e. The largest absolute Gasteiger partial charge is 0.467 e. The van der Waals surface area contributed by atoms with Crippen LogP contribution in [0.3, 0.4) is 0 Å². The van der Waals surface area contributed by atoms with E-state index in [0.29, 0.717) is 28.7 Å². The van der Waals surface area contributed by atoms with Crippen LogP contribution >= 0.6 is 0 Å². The van der Waals surface area contributed by atoms with E-state index in [1.54, 1.807) is 10.9 Å². The van der Waals surface area contributed by atoms with Crippen molar-refractivity contribution < 1.29 is 9.53 Å². The van der Waals surface area contributed by atoms with Gasteiger partial charge in [-0.15, -0.1) is 0 Å². The highest BCUT2D eigenvalue weighted by Gasteiger charge is 2.26. The second kappa shape index (κ2) is 7.34. The quantitative estimate of drug-likeness (QED) is 0.711. The summed E-state index contributed by atoms with van der Waals surface area (Å²) in [6.07, 6.45) is 4.28. The lowest BCUT2D eigenvalue weighted by molar-refractivity contribution is -0.136. The molecule has 0 unspecified atom stereocenters. The van der Waals surface area contributed by atoms with Gasteiger partial charge in [0.2, 0.25) is 5.88 Å². The minimum absolute atomic E-state index is 0.00406. The van der Waals surface area contributed by atoms with Crippen LogP contribution in [0.25, 0.3) is 16.7 Å². The fraction of sp³-hybridized carbons (Fsp3) is 0.400. The minimum atomic E-state index is -0.0257. The third kappa shape index (κ3) is 3.63. The summed E-state index contributed by atoms with van der Waals surface area (Å²) in [7, 11) is 0. The van der Waals surface area contributed by atoms with Crippen molar-refractivity contribution >= 4 is 16.9 Å². The van der Waals surface area contributed by atoms with Gasteiger partial charge in [-0.1, -0.05) is 32.0 Å². The molecule has 0 N–H and O–H groups in total. The van der Waals surface area contributed by atoms with Crippen LogP contribution in [-0.2, 0) is 4.79 Å². The molecule has 1 aromatic carbocycles. The molecular weight excluding hydrogens is 342 g/mol. The van der Waals surface area contributed by atoms with Crippen LogP contribution in [0.5, 0.6) is 5.88 Å². The number of rotatable bonds is 4. The number of carbonyl (C=O) groups excluding carboxylic acids is 1. The fourth-order valence-corrected chi connectivity index (χ4v) is 3.78. The van der Waals surface area contributed by atoms with E-state index in [2.05, 4.69) is 28.9 Å². The van der Waals surface area contributed by atoms with Crippen LogP contribution in [-0.4, -0.2) is 50.3 Å². The summed E-state index contributed by atoms with van der Waals surface area (Å²) < 4.78 is 7.49. The summed E-state index contributed by atoms with van der Waals surface area (Å²) in [4.78, 5) is 23.0. The van der Waals surface area contributed by atoms with Crippen molar-refractivity contribution in [2.45, 2.75) is 20.3 Å². The zero-order valence-corrected chi connectivity index (χ0v) is 15.6. The lowest BCUT2D eigenvalue weighted by atomic mass is 9.92. The number of nitrogens with zero attached hydrogens (tertiary/aromatic N) is 5. The van der Waals surface area contributed by atoms with Crippen LogP contribution in [0.2, 0.25) is 0 Å². The van der Waals surface area contributed by atoms with Crippen LogP contribution in [0.1, 0.15) is 20.3 Å². The molecule has 2 aromatic heterocycles. The average Bonchev–Trinajstić information content (AvgIpc) is 3.10. The standard InChI is InChI=1S/C20H23N5O2/c1-14-8-15(2)11-24(10-14)18(26)12-27-20-17-9-23-25(19(17)21-13-22-20)16-6-4-3-5-7-16/h3-7,9,13-15H,8,10-12H2,1-2H3/t14-,15-/m0/s1. The summed E-state index contributed by atoms with van der Waals surface area (Å²) in [6, 6.07) is 9.75. The Morgan fingerprint density at radius 1 is 1.15 bits per heavy atom. The number of piperidine rings is 1. The molecule has 1 amide bonds. The number of benzene rings is 1. The number of aromatic nitrogens is 4. The highest BCUT2D eigenvalue weighted by Crippen LogP contribution is 2.24. The van der Waals surface area contributed by atoms with E-state index in [1.165, 1.54) is 6.33 Å². The van der Waals surface area contributed by atoms with E-state index in [4.69, 9.17) is 4.74 Å². The first-order valence-corrected chi connectivity index (χ1v) is 9.26. The topological polar surface area (TPSA) is 73.1 Å². The number of fused-ring (bicyclic) bond motifs is 1. The van der Waals surface area contributed by atoms with Crippen molar-refractivity contribution in [3.63, 3.8) is 0 Å². The van der Waals surface area contributed by atoms with Gasteiger partial charge in [-0.25, -0.2) is 14.6 Å². The Morgan fingerprint density at radius 3 is 2.63 bits per heavy atom. The van der Waals surface area contributed by atoms with Gasteiger partial charge in [-0.3, -0.25) is 4.79 Å². The van der Waals surface area contributed by atoms with Crippen molar-refractivity contribution in [2.24, 2.45) is 11.8 Å². The zero-order chi connectivity index (χ0) is 18.8. The third-order valence-corrected chi connectivity index (χ3v) is 4.88. The molecule has 27 heavy (non-hydrogen) atoms. The number of amides is 1. The lowest BCUT2D eigenvalue weighted by Crippen LogP contribution is -2.44. The monoisotopic (exact) mass is 365 g/mol. The van der Waals surface area contributed by atoms with Crippen molar-refractivity contribution in [1.82, 2.24) is 24.6 Å². The molecule has 1 aliphatic heterocycles. The maximum absolute atomic E-state index is 12.6. The van der Waals surface area contributed by atoms with Gasteiger partial charge in [0.1, 0.15) is 11.7 Å². The van der Waals surface area contributed by atoms with Crippen molar-refractivity contribution in [3.8, 4) is 11.6 Å². The number of para-hydroxylation sites is 1. The maximum atomic E-state index is 12.6. The summed E-state index contributed by atoms with van der Waals surface area (Å²) >= 11 is 0. The second-order valence-electron chi connectivity index (χ2n) is 7.34. The molecule has 7 nitrogen and oxygen atoms in total. The smallest absolute Gasteiger partial charge is 0.260 e. The molecule has 7 heteroatoms. The predicted molar refractivity (Wildman–Crippen MR) is 102 cm³/mol. The Bertz CT molecular complexity index is 930. The second-order valence-corrected chi connectivity index (χ2v) is 7.34. The third-order valence-electron chi connectivity index (χ3n) is 4.88. The van der Waals surface area contributed by atoms with E-state index >= 15 is 0 Å². The van der Waals surface area contributed by atoms with Gasteiger partial charge in [0.15, 0.2) is 12.3 Å². The molecule has 0 radical (unpaired) electrons. The number of carbonyl (C=O) groups is 1. The fourth-order valence-electron chi connectivity index (χ4n) is 3.78. The maximum Gasteiger partial charge on any atom is 0.260 e.